The summed E-state index contributed by atoms with van der Waals surface area (Å²) in [6.07, 6.45) is 0.212. The molecule has 6 heteroatoms. The molecule has 0 fully saturated rings. The van der Waals surface area contributed by atoms with Crippen molar-refractivity contribution in [3.8, 4) is 17.2 Å². The van der Waals surface area contributed by atoms with Gasteiger partial charge in [0.1, 0.15) is 28.9 Å². The third-order valence-electron chi connectivity index (χ3n) is 4.44. The first-order chi connectivity index (χ1) is 15.1. The average Bonchev–Trinajstić information content (AvgIpc) is 3.22. The number of ether oxygens (including phenoxy) is 2. The number of aryl methyl sites for hydroxylation is 1. The Morgan fingerprint density at radius 2 is 1.58 bits per heavy atom. The molecule has 0 aliphatic rings. The number of thiazole rings is 1. The molecule has 0 aliphatic carbocycles. The topological polar surface area (TPSA) is 60.5 Å². The van der Waals surface area contributed by atoms with Gasteiger partial charge in [-0.15, -0.1) is 11.3 Å². The summed E-state index contributed by atoms with van der Waals surface area (Å²) in [7, 11) is 0. The van der Waals surface area contributed by atoms with Crippen molar-refractivity contribution in [2.24, 2.45) is 0 Å². The van der Waals surface area contributed by atoms with Crippen molar-refractivity contribution in [3.63, 3.8) is 0 Å². The van der Waals surface area contributed by atoms with Crippen molar-refractivity contribution in [3.05, 3.63) is 101 Å². The van der Waals surface area contributed by atoms with Crippen molar-refractivity contribution >= 4 is 22.9 Å². The van der Waals surface area contributed by atoms with E-state index in [4.69, 9.17) is 9.47 Å². The van der Waals surface area contributed by atoms with Crippen LogP contribution in [0.4, 0.5) is 5.69 Å². The molecule has 0 atom stereocenters. The summed E-state index contributed by atoms with van der Waals surface area (Å²) in [5, 5.41) is 5.62. The van der Waals surface area contributed by atoms with Gasteiger partial charge in [0, 0.05) is 11.1 Å². The van der Waals surface area contributed by atoms with Crippen molar-refractivity contribution in [2.45, 2.75) is 20.0 Å². The smallest absolute Gasteiger partial charge is 0.230 e. The maximum Gasteiger partial charge on any atom is 0.230 e. The van der Waals surface area contributed by atoms with Gasteiger partial charge >= 0.3 is 0 Å². The number of anilines is 1. The van der Waals surface area contributed by atoms with Crippen LogP contribution in [0.2, 0.25) is 0 Å². The molecule has 31 heavy (non-hydrogen) atoms. The number of nitrogens with zero attached hydrogens (tertiary/aromatic N) is 1. The predicted octanol–water partition coefficient (Wildman–Crippen LogP) is 6.00. The number of aromatic nitrogens is 1. The number of benzene rings is 3. The van der Waals surface area contributed by atoms with Gasteiger partial charge in [-0.2, -0.15) is 0 Å². The fourth-order valence-corrected chi connectivity index (χ4v) is 3.58. The van der Waals surface area contributed by atoms with Crippen molar-refractivity contribution in [1.82, 2.24) is 4.98 Å². The second-order valence-corrected chi connectivity index (χ2v) is 7.94. The molecular formula is C25H22N2O3S. The van der Waals surface area contributed by atoms with Crippen LogP contribution in [0.15, 0.2) is 84.2 Å². The molecule has 4 aromatic rings. The van der Waals surface area contributed by atoms with Gasteiger partial charge in [-0.25, -0.2) is 4.98 Å². The van der Waals surface area contributed by atoms with Gasteiger partial charge in [0.2, 0.25) is 5.91 Å². The van der Waals surface area contributed by atoms with Gasteiger partial charge < -0.3 is 14.8 Å². The van der Waals surface area contributed by atoms with Gasteiger partial charge in [-0.1, -0.05) is 35.9 Å². The summed E-state index contributed by atoms with van der Waals surface area (Å²) in [4.78, 5) is 16.9. The standard InChI is InChI=1S/C25H22N2O3S/c1-18-7-11-21(12-8-18)29-16-25-27-20(17-31-25)15-24(28)26-19-9-13-23(14-10-19)30-22-5-3-2-4-6-22/h2-14,17H,15-16H2,1H3,(H,26,28). The number of hydrogen-bond acceptors (Lipinski definition) is 5. The molecule has 0 spiro atoms. The lowest BCUT2D eigenvalue weighted by Crippen LogP contribution is -2.14. The third kappa shape index (κ3) is 6.17. The summed E-state index contributed by atoms with van der Waals surface area (Å²) in [6, 6.07) is 24.7. The highest BCUT2D eigenvalue weighted by Gasteiger charge is 2.09. The number of amides is 1. The van der Waals surface area contributed by atoms with Crippen LogP contribution in [-0.2, 0) is 17.8 Å². The lowest BCUT2D eigenvalue weighted by molar-refractivity contribution is -0.115. The van der Waals surface area contributed by atoms with E-state index in [0.29, 0.717) is 18.0 Å². The molecule has 0 aliphatic heterocycles. The van der Waals surface area contributed by atoms with E-state index in [1.165, 1.54) is 16.9 Å². The quantitative estimate of drug-likeness (QED) is 0.372. The van der Waals surface area contributed by atoms with Crippen LogP contribution >= 0.6 is 11.3 Å². The Bertz CT molecular complexity index is 1120. The van der Waals surface area contributed by atoms with Crippen LogP contribution < -0.4 is 14.8 Å². The van der Waals surface area contributed by atoms with Crippen LogP contribution in [0, 0.1) is 6.92 Å². The molecule has 0 radical (unpaired) electrons. The minimum Gasteiger partial charge on any atom is -0.486 e. The molecule has 0 unspecified atom stereocenters. The molecule has 5 nitrogen and oxygen atoms in total. The number of hydrogen-bond donors (Lipinski definition) is 1. The largest absolute Gasteiger partial charge is 0.486 e. The van der Waals surface area contributed by atoms with Crippen LogP contribution in [0.1, 0.15) is 16.3 Å². The molecule has 0 saturated heterocycles. The van der Waals surface area contributed by atoms with Crippen LogP contribution in [0.25, 0.3) is 0 Å². The molecule has 1 aromatic heterocycles. The van der Waals surface area contributed by atoms with Crippen LogP contribution in [-0.4, -0.2) is 10.9 Å². The molecular weight excluding hydrogens is 408 g/mol. The number of nitrogens with one attached hydrogen (secondary N) is 1. The van der Waals surface area contributed by atoms with E-state index in [1.807, 2.05) is 91.2 Å². The lowest BCUT2D eigenvalue weighted by Gasteiger charge is -2.07. The molecule has 1 N–H and O–H groups in total. The van der Waals surface area contributed by atoms with Crippen LogP contribution in [0.3, 0.4) is 0 Å². The summed E-state index contributed by atoms with van der Waals surface area (Å²) >= 11 is 1.49. The Morgan fingerprint density at radius 3 is 2.32 bits per heavy atom. The molecule has 0 saturated carbocycles. The summed E-state index contributed by atoms with van der Waals surface area (Å²) in [6.45, 7) is 2.42. The molecule has 4 rings (SSSR count). The van der Waals surface area contributed by atoms with Crippen LogP contribution in [0.5, 0.6) is 17.2 Å². The normalized spacial score (nSPS) is 10.5. The Morgan fingerprint density at radius 1 is 0.903 bits per heavy atom. The summed E-state index contributed by atoms with van der Waals surface area (Å²) in [5.74, 6) is 2.17. The molecule has 0 bridgehead atoms. The molecule has 1 amide bonds. The van der Waals surface area contributed by atoms with Gasteiger partial charge in [-0.3, -0.25) is 4.79 Å². The third-order valence-corrected chi connectivity index (χ3v) is 5.31. The lowest BCUT2D eigenvalue weighted by atomic mass is 10.2. The fourth-order valence-electron chi connectivity index (χ4n) is 2.88. The zero-order chi connectivity index (χ0) is 21.5. The average molecular weight is 431 g/mol. The van der Waals surface area contributed by atoms with Gasteiger partial charge in [-0.05, 0) is 55.5 Å². The Labute approximate surface area is 185 Å². The summed E-state index contributed by atoms with van der Waals surface area (Å²) < 4.78 is 11.5. The number of carbonyl (C=O) groups is 1. The first-order valence-corrected chi connectivity index (χ1v) is 10.8. The first kappa shape index (κ1) is 20.6. The maximum absolute atomic E-state index is 12.4. The van der Waals surface area contributed by atoms with E-state index < -0.39 is 0 Å². The van der Waals surface area contributed by atoms with E-state index in [9.17, 15) is 4.79 Å². The Balaban J connectivity index is 1.26. The SMILES string of the molecule is Cc1ccc(OCc2nc(CC(=O)Nc3ccc(Oc4ccccc4)cc3)cs2)cc1. The second kappa shape index (κ2) is 9.91. The number of rotatable bonds is 8. The molecule has 156 valence electrons. The predicted molar refractivity (Wildman–Crippen MR) is 123 cm³/mol. The van der Waals surface area contributed by atoms with Gasteiger partial charge in [0.05, 0.1) is 12.1 Å². The highest BCUT2D eigenvalue weighted by Crippen LogP contribution is 2.23. The monoisotopic (exact) mass is 430 g/mol. The minimum absolute atomic E-state index is 0.118. The van der Waals surface area contributed by atoms with E-state index in [0.717, 1.165) is 22.2 Å². The highest BCUT2D eigenvalue weighted by molar-refractivity contribution is 7.09. The van der Waals surface area contributed by atoms with E-state index in [1.54, 1.807) is 0 Å². The molecule has 1 heterocycles. The van der Waals surface area contributed by atoms with E-state index in [2.05, 4.69) is 10.3 Å². The molecule has 3 aromatic carbocycles. The fraction of sp³-hybridized carbons (Fsp3) is 0.120. The first-order valence-electron chi connectivity index (χ1n) is 9.89. The Kier molecular flexibility index (Phi) is 6.59. The van der Waals surface area contributed by atoms with E-state index in [-0.39, 0.29) is 12.3 Å². The van der Waals surface area contributed by atoms with Gasteiger partial charge in [0.15, 0.2) is 0 Å². The second-order valence-electron chi connectivity index (χ2n) is 7.00. The zero-order valence-electron chi connectivity index (χ0n) is 17.1. The van der Waals surface area contributed by atoms with Gasteiger partial charge in [0.25, 0.3) is 0 Å². The van der Waals surface area contributed by atoms with E-state index >= 15 is 0 Å². The highest BCUT2D eigenvalue weighted by atomic mass is 32.1. The van der Waals surface area contributed by atoms with Crippen molar-refractivity contribution in [2.75, 3.05) is 5.32 Å². The zero-order valence-corrected chi connectivity index (χ0v) is 17.9. The van der Waals surface area contributed by atoms with Crippen molar-refractivity contribution in [1.29, 1.82) is 0 Å². The van der Waals surface area contributed by atoms with Crippen molar-refractivity contribution < 1.29 is 14.3 Å². The maximum atomic E-state index is 12.4. The number of carbonyl (C=O) groups excluding carboxylic acids is 1. The number of para-hydroxylation sites is 1. The Hall–Kier alpha value is -3.64. The minimum atomic E-state index is -0.118. The summed E-state index contributed by atoms with van der Waals surface area (Å²) in [5.41, 5.74) is 2.63.